The van der Waals surface area contributed by atoms with Gasteiger partial charge in [0.2, 0.25) is 0 Å². The van der Waals surface area contributed by atoms with Gasteiger partial charge in [-0.2, -0.15) is 0 Å². The molecule has 0 bridgehead atoms. The summed E-state index contributed by atoms with van der Waals surface area (Å²) in [6.07, 6.45) is 3.23. The van der Waals surface area contributed by atoms with Crippen LogP contribution in [0.3, 0.4) is 0 Å². The third kappa shape index (κ3) is 9.42. The molecule has 146 valence electrons. The second-order valence-corrected chi connectivity index (χ2v) is 6.00. The molecular weight excluding hydrogens is 328 g/mol. The summed E-state index contributed by atoms with van der Waals surface area (Å²) in [7, 11) is 0. The number of carbonyl (C=O) groups is 1. The maximum Gasteiger partial charge on any atom is 0.251 e. The minimum atomic E-state index is -0.0496. The molecule has 0 heterocycles. The highest BCUT2D eigenvalue weighted by Gasteiger charge is 2.04. The van der Waals surface area contributed by atoms with E-state index in [2.05, 4.69) is 27.9 Å². The Balaban J connectivity index is 2.47. The van der Waals surface area contributed by atoms with E-state index < -0.39 is 0 Å². The Labute approximate surface area is 157 Å². The first-order valence-electron chi connectivity index (χ1n) is 9.68. The van der Waals surface area contributed by atoms with Gasteiger partial charge in [-0.25, -0.2) is 4.99 Å². The number of hydrogen-bond donors (Lipinski definition) is 3. The zero-order valence-corrected chi connectivity index (χ0v) is 16.4. The van der Waals surface area contributed by atoms with Gasteiger partial charge in [-0.15, -0.1) is 0 Å². The van der Waals surface area contributed by atoms with Crippen molar-refractivity contribution in [2.75, 3.05) is 32.8 Å². The summed E-state index contributed by atoms with van der Waals surface area (Å²) in [4.78, 5) is 16.5. The quantitative estimate of drug-likeness (QED) is 0.304. The maximum atomic E-state index is 11.9. The molecule has 0 aliphatic carbocycles. The van der Waals surface area contributed by atoms with Gasteiger partial charge in [0.05, 0.1) is 6.54 Å². The lowest BCUT2D eigenvalue weighted by molar-refractivity contribution is 0.0955. The molecule has 0 aliphatic heterocycles. The number of rotatable bonds is 12. The second-order valence-electron chi connectivity index (χ2n) is 6.00. The van der Waals surface area contributed by atoms with Crippen molar-refractivity contribution in [2.45, 2.75) is 46.6 Å². The number of unbranched alkanes of at least 4 members (excludes halogenated alkanes) is 1. The van der Waals surface area contributed by atoms with Crippen LogP contribution in [0.5, 0.6) is 0 Å². The van der Waals surface area contributed by atoms with Crippen LogP contribution in [0.1, 0.15) is 56.0 Å². The van der Waals surface area contributed by atoms with Crippen LogP contribution >= 0.6 is 0 Å². The smallest absolute Gasteiger partial charge is 0.251 e. The minimum absolute atomic E-state index is 0.0496. The monoisotopic (exact) mass is 362 g/mol. The van der Waals surface area contributed by atoms with E-state index in [-0.39, 0.29) is 5.91 Å². The molecule has 0 atom stereocenters. The van der Waals surface area contributed by atoms with E-state index in [1.807, 2.05) is 38.1 Å². The van der Waals surface area contributed by atoms with Crippen LogP contribution in [0.15, 0.2) is 29.3 Å². The van der Waals surface area contributed by atoms with Gasteiger partial charge < -0.3 is 20.7 Å². The van der Waals surface area contributed by atoms with E-state index in [4.69, 9.17) is 4.74 Å². The van der Waals surface area contributed by atoms with Crippen molar-refractivity contribution in [2.24, 2.45) is 4.99 Å². The van der Waals surface area contributed by atoms with Crippen molar-refractivity contribution in [3.8, 4) is 0 Å². The highest BCUT2D eigenvalue weighted by atomic mass is 16.5. The summed E-state index contributed by atoms with van der Waals surface area (Å²) in [5.74, 6) is 0.732. The number of aliphatic imine (C=N–C) groups is 1. The van der Waals surface area contributed by atoms with E-state index in [1.54, 1.807) is 0 Å². The molecule has 0 aliphatic rings. The SMILES string of the molecule is CCCCOCCCNC(=NCc1cccc(C(=O)NCC)c1)NCC. The highest BCUT2D eigenvalue weighted by Crippen LogP contribution is 2.06. The van der Waals surface area contributed by atoms with Gasteiger partial charge in [0.1, 0.15) is 0 Å². The van der Waals surface area contributed by atoms with Crippen LogP contribution in [-0.2, 0) is 11.3 Å². The molecule has 0 unspecified atom stereocenters. The Kier molecular flexibility index (Phi) is 11.9. The topological polar surface area (TPSA) is 74.8 Å². The first kappa shape index (κ1) is 22.0. The maximum absolute atomic E-state index is 11.9. The first-order chi connectivity index (χ1) is 12.7. The van der Waals surface area contributed by atoms with Gasteiger partial charge in [0, 0.05) is 38.4 Å². The average molecular weight is 363 g/mol. The first-order valence-corrected chi connectivity index (χ1v) is 9.68. The number of carbonyl (C=O) groups excluding carboxylic acids is 1. The molecule has 1 amide bonds. The number of hydrogen-bond acceptors (Lipinski definition) is 3. The molecule has 26 heavy (non-hydrogen) atoms. The lowest BCUT2D eigenvalue weighted by Crippen LogP contribution is -2.38. The normalized spacial score (nSPS) is 11.3. The largest absolute Gasteiger partial charge is 0.381 e. The van der Waals surface area contributed by atoms with Crippen molar-refractivity contribution in [3.63, 3.8) is 0 Å². The predicted octanol–water partition coefficient (Wildman–Crippen LogP) is 2.70. The molecule has 1 aromatic rings. The predicted molar refractivity (Wildman–Crippen MR) is 108 cm³/mol. The Morgan fingerprint density at radius 3 is 2.54 bits per heavy atom. The molecule has 0 saturated carbocycles. The Hall–Kier alpha value is -2.08. The van der Waals surface area contributed by atoms with Gasteiger partial charge in [0.25, 0.3) is 5.91 Å². The summed E-state index contributed by atoms with van der Waals surface area (Å²) in [6, 6.07) is 7.58. The Morgan fingerprint density at radius 2 is 1.81 bits per heavy atom. The van der Waals surface area contributed by atoms with E-state index in [1.165, 1.54) is 0 Å². The minimum Gasteiger partial charge on any atom is -0.381 e. The summed E-state index contributed by atoms with van der Waals surface area (Å²) < 4.78 is 5.56. The van der Waals surface area contributed by atoms with Gasteiger partial charge in [0.15, 0.2) is 5.96 Å². The molecule has 0 fully saturated rings. The van der Waals surface area contributed by atoms with Gasteiger partial charge in [-0.1, -0.05) is 25.5 Å². The van der Waals surface area contributed by atoms with Crippen molar-refractivity contribution in [1.82, 2.24) is 16.0 Å². The van der Waals surface area contributed by atoms with E-state index in [0.29, 0.717) is 18.7 Å². The lowest BCUT2D eigenvalue weighted by atomic mass is 10.1. The van der Waals surface area contributed by atoms with Gasteiger partial charge in [-0.05, 0) is 44.4 Å². The van der Waals surface area contributed by atoms with E-state index in [9.17, 15) is 4.79 Å². The molecule has 0 radical (unpaired) electrons. The van der Waals surface area contributed by atoms with Gasteiger partial charge in [-0.3, -0.25) is 4.79 Å². The third-order valence-corrected chi connectivity index (χ3v) is 3.69. The lowest BCUT2D eigenvalue weighted by Gasteiger charge is -2.11. The van der Waals surface area contributed by atoms with E-state index in [0.717, 1.165) is 57.1 Å². The zero-order valence-electron chi connectivity index (χ0n) is 16.4. The third-order valence-electron chi connectivity index (χ3n) is 3.69. The van der Waals surface area contributed by atoms with E-state index >= 15 is 0 Å². The van der Waals surface area contributed by atoms with Crippen molar-refractivity contribution in [1.29, 1.82) is 0 Å². The van der Waals surface area contributed by atoms with Crippen LogP contribution in [0.2, 0.25) is 0 Å². The van der Waals surface area contributed by atoms with Crippen LogP contribution in [0, 0.1) is 0 Å². The molecule has 3 N–H and O–H groups in total. The van der Waals surface area contributed by atoms with Crippen LogP contribution < -0.4 is 16.0 Å². The summed E-state index contributed by atoms with van der Waals surface area (Å²) in [6.45, 7) is 10.5. The number of nitrogens with zero attached hydrogens (tertiary/aromatic N) is 1. The Morgan fingerprint density at radius 1 is 1.04 bits per heavy atom. The Bertz CT molecular complexity index is 546. The average Bonchev–Trinajstić information content (AvgIpc) is 2.65. The van der Waals surface area contributed by atoms with Gasteiger partial charge >= 0.3 is 0 Å². The molecule has 0 aromatic heterocycles. The van der Waals surface area contributed by atoms with Crippen molar-refractivity contribution < 1.29 is 9.53 Å². The number of ether oxygens (including phenoxy) is 1. The summed E-state index contributed by atoms with van der Waals surface area (Å²) in [5, 5.41) is 9.38. The van der Waals surface area contributed by atoms with Crippen molar-refractivity contribution in [3.05, 3.63) is 35.4 Å². The fourth-order valence-corrected chi connectivity index (χ4v) is 2.32. The number of amides is 1. The summed E-state index contributed by atoms with van der Waals surface area (Å²) >= 11 is 0. The number of benzene rings is 1. The molecule has 0 spiro atoms. The zero-order chi connectivity index (χ0) is 19.0. The van der Waals surface area contributed by atoms with Crippen molar-refractivity contribution >= 4 is 11.9 Å². The fraction of sp³-hybridized carbons (Fsp3) is 0.600. The standard InChI is InChI=1S/C20H34N4O2/c1-4-7-13-26-14-9-12-23-20(22-6-3)24-16-17-10-8-11-18(15-17)19(25)21-5-2/h8,10-11,15H,4-7,9,12-14,16H2,1-3H3,(H,21,25)(H2,22,23,24). The molecule has 6 nitrogen and oxygen atoms in total. The van der Waals surface area contributed by atoms with Crippen LogP contribution in [0.25, 0.3) is 0 Å². The second kappa shape index (κ2) is 14.1. The molecule has 1 rings (SSSR count). The molecule has 0 saturated heterocycles. The molecule has 6 heteroatoms. The highest BCUT2D eigenvalue weighted by molar-refractivity contribution is 5.94. The number of nitrogens with one attached hydrogen (secondary N) is 3. The fourth-order valence-electron chi connectivity index (χ4n) is 2.32. The molecule has 1 aromatic carbocycles. The van der Waals surface area contributed by atoms with Crippen LogP contribution in [-0.4, -0.2) is 44.7 Å². The number of guanidine groups is 1. The molecular formula is C20H34N4O2. The summed E-state index contributed by atoms with van der Waals surface area (Å²) in [5.41, 5.74) is 1.68. The van der Waals surface area contributed by atoms with Crippen LogP contribution in [0.4, 0.5) is 0 Å².